The Balaban J connectivity index is 1.52. The van der Waals surface area contributed by atoms with Gasteiger partial charge in [0.15, 0.2) is 0 Å². The minimum absolute atomic E-state index is 0.344. The Morgan fingerprint density at radius 1 is 0.784 bits per heavy atom. The van der Waals surface area contributed by atoms with E-state index in [9.17, 15) is 14.4 Å². The van der Waals surface area contributed by atoms with Gasteiger partial charge in [-0.15, -0.1) is 0 Å². The standard InChI is InChI=1S/C28H23NO7S/c1-33-22-12-18(13-23(16-22)34-2)14-24(27(31)35-3)19-6-10-21(11-7-19)36-20-8-4-17(5-9-20)15-25-26(30)29-28(32)37-25/h4-16H,1-3H3,(H,29,30,32)/b24-14+,25-15?. The minimum Gasteiger partial charge on any atom is -0.497 e. The van der Waals surface area contributed by atoms with Crippen LogP contribution in [0.5, 0.6) is 23.0 Å². The molecule has 1 aliphatic heterocycles. The molecule has 2 amide bonds. The van der Waals surface area contributed by atoms with Gasteiger partial charge in [0.05, 0.1) is 31.8 Å². The Morgan fingerprint density at radius 3 is 1.89 bits per heavy atom. The Labute approximate surface area is 217 Å². The van der Waals surface area contributed by atoms with Crippen molar-refractivity contribution in [2.75, 3.05) is 21.3 Å². The van der Waals surface area contributed by atoms with E-state index in [0.29, 0.717) is 44.6 Å². The van der Waals surface area contributed by atoms with Crippen LogP contribution < -0.4 is 19.5 Å². The van der Waals surface area contributed by atoms with Crippen molar-refractivity contribution >= 4 is 46.6 Å². The molecule has 0 bridgehead atoms. The molecule has 0 atom stereocenters. The number of amides is 2. The van der Waals surface area contributed by atoms with Crippen LogP contribution in [0.25, 0.3) is 17.7 Å². The van der Waals surface area contributed by atoms with Crippen molar-refractivity contribution < 1.29 is 33.3 Å². The summed E-state index contributed by atoms with van der Waals surface area (Å²) in [6.07, 6.45) is 3.35. The van der Waals surface area contributed by atoms with E-state index in [1.807, 2.05) is 0 Å². The summed E-state index contributed by atoms with van der Waals surface area (Å²) in [6.45, 7) is 0. The molecule has 1 saturated heterocycles. The number of hydrogen-bond donors (Lipinski definition) is 1. The predicted octanol–water partition coefficient (Wildman–Crippen LogP) is 5.53. The second kappa shape index (κ2) is 11.5. The molecule has 1 heterocycles. The summed E-state index contributed by atoms with van der Waals surface area (Å²) in [5, 5.41) is 1.84. The van der Waals surface area contributed by atoms with E-state index in [4.69, 9.17) is 18.9 Å². The van der Waals surface area contributed by atoms with Crippen molar-refractivity contribution in [1.29, 1.82) is 0 Å². The number of thioether (sulfide) groups is 1. The molecule has 9 heteroatoms. The number of imide groups is 1. The first-order valence-electron chi connectivity index (χ1n) is 11.0. The van der Waals surface area contributed by atoms with Gasteiger partial charge in [-0.25, -0.2) is 4.79 Å². The molecule has 188 valence electrons. The summed E-state index contributed by atoms with van der Waals surface area (Å²) in [4.78, 5) is 35.9. The van der Waals surface area contributed by atoms with E-state index in [1.165, 1.54) is 7.11 Å². The average molecular weight is 518 g/mol. The monoisotopic (exact) mass is 517 g/mol. The first kappa shape index (κ1) is 25.6. The lowest BCUT2D eigenvalue weighted by Crippen LogP contribution is -2.17. The Bertz CT molecular complexity index is 1370. The fourth-order valence-corrected chi connectivity index (χ4v) is 4.17. The Morgan fingerprint density at radius 2 is 1.38 bits per heavy atom. The van der Waals surface area contributed by atoms with E-state index in [-0.39, 0.29) is 5.24 Å². The second-order valence-electron chi connectivity index (χ2n) is 7.74. The molecule has 0 radical (unpaired) electrons. The smallest absolute Gasteiger partial charge is 0.338 e. The van der Waals surface area contributed by atoms with E-state index >= 15 is 0 Å². The lowest BCUT2D eigenvalue weighted by molar-refractivity contribution is -0.133. The zero-order valence-corrected chi connectivity index (χ0v) is 21.1. The van der Waals surface area contributed by atoms with Crippen LogP contribution in [0.3, 0.4) is 0 Å². The summed E-state index contributed by atoms with van der Waals surface area (Å²) < 4.78 is 21.5. The maximum absolute atomic E-state index is 12.6. The fourth-order valence-electron chi connectivity index (χ4n) is 3.49. The lowest BCUT2D eigenvalue weighted by atomic mass is 10.0. The van der Waals surface area contributed by atoms with Crippen LogP contribution in [0.2, 0.25) is 0 Å². The molecule has 0 aromatic heterocycles. The third-order valence-corrected chi connectivity index (χ3v) is 6.12. The maximum Gasteiger partial charge on any atom is 0.338 e. The molecule has 0 spiro atoms. The molecule has 1 fully saturated rings. The highest BCUT2D eigenvalue weighted by Gasteiger charge is 2.24. The van der Waals surface area contributed by atoms with Crippen LogP contribution in [-0.4, -0.2) is 38.4 Å². The summed E-state index contributed by atoms with van der Waals surface area (Å²) >= 11 is 0.867. The first-order valence-corrected chi connectivity index (χ1v) is 11.9. The van der Waals surface area contributed by atoms with Gasteiger partial charge in [0.25, 0.3) is 11.1 Å². The van der Waals surface area contributed by atoms with Gasteiger partial charge in [0, 0.05) is 6.07 Å². The van der Waals surface area contributed by atoms with Gasteiger partial charge in [-0.1, -0.05) is 24.3 Å². The van der Waals surface area contributed by atoms with Crippen molar-refractivity contribution in [3.8, 4) is 23.0 Å². The van der Waals surface area contributed by atoms with Gasteiger partial charge >= 0.3 is 5.97 Å². The van der Waals surface area contributed by atoms with Crippen LogP contribution in [0.4, 0.5) is 4.79 Å². The quantitative estimate of drug-likeness (QED) is 0.236. The number of benzene rings is 3. The summed E-state index contributed by atoms with van der Waals surface area (Å²) in [7, 11) is 4.44. The van der Waals surface area contributed by atoms with Gasteiger partial charge in [0.2, 0.25) is 0 Å². The van der Waals surface area contributed by atoms with Crippen LogP contribution in [0, 0.1) is 0 Å². The molecule has 8 nitrogen and oxygen atoms in total. The summed E-state index contributed by atoms with van der Waals surface area (Å²) in [5.41, 5.74) is 2.47. The minimum atomic E-state index is -0.490. The van der Waals surface area contributed by atoms with Crippen molar-refractivity contribution in [1.82, 2.24) is 5.32 Å². The number of hydrogen-bond acceptors (Lipinski definition) is 8. The number of nitrogens with one attached hydrogen (secondary N) is 1. The zero-order chi connectivity index (χ0) is 26.4. The SMILES string of the molecule is COC(=O)/C(=C/c1cc(OC)cc(OC)c1)c1ccc(Oc2ccc(C=C3SC(=O)NC3=O)cc2)cc1. The van der Waals surface area contributed by atoms with Crippen molar-refractivity contribution in [2.45, 2.75) is 0 Å². The molecule has 1 N–H and O–H groups in total. The highest BCUT2D eigenvalue weighted by atomic mass is 32.2. The summed E-state index contributed by atoms with van der Waals surface area (Å²) in [5.74, 6) is 1.46. The fraction of sp³-hybridized carbons (Fsp3) is 0.107. The zero-order valence-electron chi connectivity index (χ0n) is 20.3. The van der Waals surface area contributed by atoms with E-state index < -0.39 is 11.9 Å². The van der Waals surface area contributed by atoms with Crippen molar-refractivity contribution in [2.24, 2.45) is 0 Å². The third kappa shape index (κ3) is 6.39. The molecule has 4 rings (SSSR count). The molecule has 37 heavy (non-hydrogen) atoms. The molecule has 0 aliphatic carbocycles. The van der Waals surface area contributed by atoms with Crippen LogP contribution >= 0.6 is 11.8 Å². The number of esters is 1. The van der Waals surface area contributed by atoms with Crippen molar-refractivity contribution in [3.63, 3.8) is 0 Å². The van der Waals surface area contributed by atoms with Crippen molar-refractivity contribution in [3.05, 3.63) is 88.3 Å². The van der Waals surface area contributed by atoms with Gasteiger partial charge in [-0.2, -0.15) is 0 Å². The molecule has 1 aliphatic rings. The van der Waals surface area contributed by atoms with Gasteiger partial charge in [-0.05, 0) is 77.0 Å². The molecular formula is C28H23NO7S. The number of ether oxygens (including phenoxy) is 4. The normalized spacial score (nSPS) is 14.4. The van der Waals surface area contributed by atoms with Crippen LogP contribution in [0.1, 0.15) is 16.7 Å². The van der Waals surface area contributed by atoms with Gasteiger partial charge in [-0.3, -0.25) is 14.9 Å². The van der Waals surface area contributed by atoms with E-state index in [1.54, 1.807) is 93.1 Å². The van der Waals surface area contributed by atoms with Crippen LogP contribution in [0.15, 0.2) is 71.6 Å². The van der Waals surface area contributed by atoms with Crippen LogP contribution in [-0.2, 0) is 14.3 Å². The second-order valence-corrected chi connectivity index (χ2v) is 8.76. The number of carbonyl (C=O) groups is 3. The van der Waals surface area contributed by atoms with Gasteiger partial charge in [0.1, 0.15) is 23.0 Å². The van der Waals surface area contributed by atoms with Gasteiger partial charge < -0.3 is 18.9 Å². The summed E-state index contributed by atoms with van der Waals surface area (Å²) in [6, 6.07) is 19.4. The number of methoxy groups -OCH3 is 3. The Kier molecular flexibility index (Phi) is 7.95. The molecule has 0 unspecified atom stereocenters. The predicted molar refractivity (Wildman–Crippen MR) is 141 cm³/mol. The largest absolute Gasteiger partial charge is 0.497 e. The Hall–Kier alpha value is -4.50. The third-order valence-electron chi connectivity index (χ3n) is 5.31. The molecule has 0 saturated carbocycles. The van der Waals surface area contributed by atoms with E-state index in [2.05, 4.69) is 5.32 Å². The highest BCUT2D eigenvalue weighted by Crippen LogP contribution is 2.30. The maximum atomic E-state index is 12.6. The lowest BCUT2D eigenvalue weighted by Gasteiger charge is -2.10. The van der Waals surface area contributed by atoms with E-state index in [0.717, 1.165) is 17.3 Å². The first-order chi connectivity index (χ1) is 17.9. The molecule has 3 aromatic carbocycles. The molecular weight excluding hydrogens is 494 g/mol. The topological polar surface area (TPSA) is 100 Å². The average Bonchev–Trinajstić information content (AvgIpc) is 3.24. The highest BCUT2D eigenvalue weighted by molar-refractivity contribution is 8.18. The molecule has 3 aromatic rings. The number of rotatable bonds is 8. The number of carbonyl (C=O) groups excluding carboxylic acids is 3.